The first-order valence-electron chi connectivity index (χ1n) is 5.31. The molecular weight excluding hydrogens is 312 g/mol. The van der Waals surface area contributed by atoms with Crippen molar-refractivity contribution in [3.8, 4) is 21.7 Å². The fraction of sp³-hybridized carbons (Fsp3) is 0. The summed E-state index contributed by atoms with van der Waals surface area (Å²) >= 11 is 5.13. The summed E-state index contributed by atoms with van der Waals surface area (Å²) in [5.41, 5.74) is 8.48. The van der Waals surface area contributed by atoms with Crippen LogP contribution in [0.15, 0.2) is 50.8 Å². The highest BCUT2D eigenvalue weighted by atomic mass is 79.9. The van der Waals surface area contributed by atoms with E-state index in [2.05, 4.69) is 21.1 Å². The second-order valence-electron chi connectivity index (χ2n) is 3.73. The van der Waals surface area contributed by atoms with Gasteiger partial charge in [0.1, 0.15) is 5.69 Å². The number of anilines is 1. The van der Waals surface area contributed by atoms with Crippen molar-refractivity contribution in [3.05, 3.63) is 46.3 Å². The molecule has 0 unspecified atom stereocenters. The van der Waals surface area contributed by atoms with Gasteiger partial charge in [0.05, 0.1) is 5.56 Å². The Morgan fingerprint density at radius 2 is 2.00 bits per heavy atom. The Morgan fingerprint density at radius 3 is 2.72 bits per heavy atom. The van der Waals surface area contributed by atoms with E-state index in [1.165, 1.54) is 0 Å². The van der Waals surface area contributed by atoms with Crippen LogP contribution in [0, 0.1) is 0 Å². The van der Waals surface area contributed by atoms with Crippen molar-refractivity contribution < 1.29 is 4.52 Å². The van der Waals surface area contributed by atoms with Crippen molar-refractivity contribution in [1.82, 2.24) is 5.16 Å². The Bertz CT molecular complexity index is 676. The van der Waals surface area contributed by atoms with Crippen LogP contribution in [0.25, 0.3) is 21.7 Å². The van der Waals surface area contributed by atoms with Gasteiger partial charge in [0.15, 0.2) is 0 Å². The number of thiophene rings is 1. The molecule has 0 bridgehead atoms. The van der Waals surface area contributed by atoms with Crippen LogP contribution in [0.1, 0.15) is 0 Å². The van der Waals surface area contributed by atoms with Gasteiger partial charge in [0.2, 0.25) is 5.88 Å². The van der Waals surface area contributed by atoms with Crippen LogP contribution in [0.4, 0.5) is 5.88 Å². The molecule has 0 aliphatic heterocycles. The largest absolute Gasteiger partial charge is 0.367 e. The maximum atomic E-state index is 5.88. The van der Waals surface area contributed by atoms with Crippen molar-refractivity contribution in [3.63, 3.8) is 0 Å². The summed E-state index contributed by atoms with van der Waals surface area (Å²) in [7, 11) is 0. The van der Waals surface area contributed by atoms with Crippen LogP contribution in [0.3, 0.4) is 0 Å². The van der Waals surface area contributed by atoms with Gasteiger partial charge in [-0.3, -0.25) is 0 Å². The fourth-order valence-electron chi connectivity index (χ4n) is 1.80. The molecule has 0 amide bonds. The maximum absolute atomic E-state index is 5.88. The third kappa shape index (κ3) is 1.85. The molecule has 1 aromatic carbocycles. The molecule has 3 rings (SSSR count). The molecule has 0 aliphatic carbocycles. The minimum atomic E-state index is 0.350. The quantitative estimate of drug-likeness (QED) is 0.760. The molecule has 18 heavy (non-hydrogen) atoms. The summed E-state index contributed by atoms with van der Waals surface area (Å²) in [5.74, 6) is 0.350. The van der Waals surface area contributed by atoms with Gasteiger partial charge in [-0.15, -0.1) is 11.3 Å². The van der Waals surface area contributed by atoms with Gasteiger partial charge in [0, 0.05) is 14.9 Å². The first-order chi connectivity index (χ1) is 8.77. The summed E-state index contributed by atoms with van der Waals surface area (Å²) in [6.45, 7) is 0. The predicted octanol–water partition coefficient (Wildman–Crippen LogP) is 4.41. The van der Waals surface area contributed by atoms with Gasteiger partial charge in [0.25, 0.3) is 0 Å². The molecule has 2 heterocycles. The molecule has 3 aromatic rings. The Hall–Kier alpha value is -1.59. The van der Waals surface area contributed by atoms with Crippen molar-refractivity contribution in [2.75, 3.05) is 5.73 Å². The lowest BCUT2D eigenvalue weighted by atomic mass is 10.1. The summed E-state index contributed by atoms with van der Waals surface area (Å²) in [4.78, 5) is 1.06. The normalized spacial score (nSPS) is 10.7. The molecule has 0 atom stereocenters. The van der Waals surface area contributed by atoms with Crippen molar-refractivity contribution in [2.45, 2.75) is 0 Å². The van der Waals surface area contributed by atoms with E-state index >= 15 is 0 Å². The molecule has 0 spiro atoms. The number of aromatic nitrogens is 1. The molecule has 3 nitrogen and oxygen atoms in total. The van der Waals surface area contributed by atoms with E-state index in [1.807, 2.05) is 41.8 Å². The third-order valence-corrected chi connectivity index (χ3v) is 4.19. The highest BCUT2D eigenvalue weighted by Gasteiger charge is 2.19. The minimum Gasteiger partial charge on any atom is -0.367 e. The van der Waals surface area contributed by atoms with Crippen LogP contribution in [0.5, 0.6) is 0 Å². The lowest BCUT2D eigenvalue weighted by Gasteiger charge is -2.02. The molecule has 0 saturated heterocycles. The summed E-state index contributed by atoms with van der Waals surface area (Å²) in [6.07, 6.45) is 0. The van der Waals surface area contributed by atoms with E-state index in [0.717, 1.165) is 26.2 Å². The van der Waals surface area contributed by atoms with Crippen LogP contribution in [-0.4, -0.2) is 5.16 Å². The Labute approximate surface area is 116 Å². The zero-order chi connectivity index (χ0) is 12.5. The first kappa shape index (κ1) is 11.5. The van der Waals surface area contributed by atoms with Crippen LogP contribution >= 0.6 is 27.3 Å². The number of nitrogens with zero attached hydrogens (tertiary/aromatic N) is 1. The Kier molecular flexibility index (Phi) is 2.93. The van der Waals surface area contributed by atoms with Gasteiger partial charge >= 0.3 is 0 Å². The van der Waals surface area contributed by atoms with Gasteiger partial charge < -0.3 is 10.3 Å². The standard InChI is InChI=1S/C13H9BrN2OS/c14-9-5-2-1-4-8(9)12-11(13(15)17-16-12)10-6-3-7-18-10/h1-7H,15H2. The van der Waals surface area contributed by atoms with E-state index in [0.29, 0.717) is 5.88 Å². The van der Waals surface area contributed by atoms with E-state index in [4.69, 9.17) is 10.3 Å². The van der Waals surface area contributed by atoms with Crippen molar-refractivity contribution >= 4 is 33.2 Å². The highest BCUT2D eigenvalue weighted by Crippen LogP contribution is 2.40. The van der Waals surface area contributed by atoms with E-state index in [1.54, 1.807) is 11.3 Å². The number of nitrogens with two attached hydrogens (primary N) is 1. The minimum absolute atomic E-state index is 0.350. The van der Waals surface area contributed by atoms with Crippen LogP contribution in [0.2, 0.25) is 0 Å². The SMILES string of the molecule is Nc1onc(-c2ccccc2Br)c1-c1cccs1. The molecule has 0 saturated carbocycles. The fourth-order valence-corrected chi connectivity index (χ4v) is 3.05. The average molecular weight is 321 g/mol. The second-order valence-corrected chi connectivity index (χ2v) is 5.53. The van der Waals surface area contributed by atoms with Gasteiger partial charge in [-0.1, -0.05) is 45.4 Å². The number of nitrogen functional groups attached to an aromatic ring is 1. The molecular formula is C13H9BrN2OS. The number of benzene rings is 1. The number of hydrogen-bond donors (Lipinski definition) is 1. The summed E-state index contributed by atoms with van der Waals surface area (Å²) in [5, 5.41) is 6.08. The second kappa shape index (κ2) is 4.59. The van der Waals surface area contributed by atoms with Crippen LogP contribution in [-0.2, 0) is 0 Å². The predicted molar refractivity (Wildman–Crippen MR) is 77.4 cm³/mol. The first-order valence-corrected chi connectivity index (χ1v) is 6.98. The highest BCUT2D eigenvalue weighted by molar-refractivity contribution is 9.10. The van der Waals surface area contributed by atoms with Crippen molar-refractivity contribution in [2.24, 2.45) is 0 Å². The van der Waals surface area contributed by atoms with Crippen molar-refractivity contribution in [1.29, 1.82) is 0 Å². The van der Waals surface area contributed by atoms with E-state index in [9.17, 15) is 0 Å². The third-order valence-electron chi connectivity index (χ3n) is 2.62. The molecule has 5 heteroatoms. The maximum Gasteiger partial charge on any atom is 0.231 e. The topological polar surface area (TPSA) is 52.0 Å². The molecule has 90 valence electrons. The summed E-state index contributed by atoms with van der Waals surface area (Å²) < 4.78 is 6.11. The molecule has 2 N–H and O–H groups in total. The van der Waals surface area contributed by atoms with Crippen LogP contribution < -0.4 is 5.73 Å². The zero-order valence-corrected chi connectivity index (χ0v) is 11.7. The number of hydrogen-bond acceptors (Lipinski definition) is 4. The molecule has 0 radical (unpaired) electrons. The number of rotatable bonds is 2. The molecule has 0 fully saturated rings. The Balaban J connectivity index is 2.23. The lowest BCUT2D eigenvalue weighted by Crippen LogP contribution is -1.86. The average Bonchev–Trinajstić information content (AvgIpc) is 2.98. The van der Waals surface area contributed by atoms with Gasteiger partial charge in [-0.25, -0.2) is 0 Å². The lowest BCUT2D eigenvalue weighted by molar-refractivity contribution is 0.439. The zero-order valence-electron chi connectivity index (χ0n) is 9.26. The summed E-state index contributed by atoms with van der Waals surface area (Å²) in [6, 6.07) is 11.9. The van der Waals surface area contributed by atoms with Gasteiger partial charge in [-0.05, 0) is 17.5 Å². The monoisotopic (exact) mass is 320 g/mol. The Morgan fingerprint density at radius 1 is 1.17 bits per heavy atom. The molecule has 0 aliphatic rings. The van der Waals surface area contributed by atoms with Gasteiger partial charge in [-0.2, -0.15) is 0 Å². The van der Waals surface area contributed by atoms with E-state index in [-0.39, 0.29) is 0 Å². The molecule has 2 aromatic heterocycles. The smallest absolute Gasteiger partial charge is 0.231 e. The number of halogens is 1. The van der Waals surface area contributed by atoms with E-state index < -0.39 is 0 Å².